The van der Waals surface area contributed by atoms with Gasteiger partial charge in [-0.1, -0.05) is 29.8 Å². The first-order valence-corrected chi connectivity index (χ1v) is 8.35. The van der Waals surface area contributed by atoms with E-state index in [1.807, 2.05) is 24.3 Å². The van der Waals surface area contributed by atoms with Crippen molar-refractivity contribution in [2.24, 2.45) is 0 Å². The number of halogens is 1. The van der Waals surface area contributed by atoms with E-state index < -0.39 is 12.6 Å². The molecule has 0 saturated heterocycles. The van der Waals surface area contributed by atoms with E-state index in [1.54, 1.807) is 18.2 Å². The standard InChI is InChI=1S/C19H18ClNO4/c20-15-5-2-4-14(10-15)19(7-8-19)12-21-18(24)13-3-1-6-16(9-13)25-11-17(22)23/h1-6,9-10H,7-8,11-12H2,(H,21,24)(H,22,23). The van der Waals surface area contributed by atoms with E-state index in [2.05, 4.69) is 5.32 Å². The molecule has 130 valence electrons. The van der Waals surface area contributed by atoms with Crippen molar-refractivity contribution in [2.75, 3.05) is 13.2 Å². The molecule has 25 heavy (non-hydrogen) atoms. The Bertz CT molecular complexity index is 802. The molecule has 5 nitrogen and oxygen atoms in total. The molecule has 0 unspecified atom stereocenters. The molecule has 6 heteroatoms. The van der Waals surface area contributed by atoms with Crippen molar-refractivity contribution in [3.8, 4) is 5.75 Å². The first-order chi connectivity index (χ1) is 12.0. The SMILES string of the molecule is O=C(O)COc1cccc(C(=O)NCC2(c3cccc(Cl)c3)CC2)c1. The average molecular weight is 360 g/mol. The summed E-state index contributed by atoms with van der Waals surface area (Å²) in [6, 6.07) is 14.2. The molecule has 2 aromatic rings. The lowest BCUT2D eigenvalue weighted by Gasteiger charge is -2.17. The van der Waals surface area contributed by atoms with Gasteiger partial charge < -0.3 is 15.2 Å². The van der Waals surface area contributed by atoms with Crippen molar-refractivity contribution < 1.29 is 19.4 Å². The Morgan fingerprint density at radius 2 is 1.92 bits per heavy atom. The van der Waals surface area contributed by atoms with Gasteiger partial charge in [-0.3, -0.25) is 4.79 Å². The van der Waals surface area contributed by atoms with Crippen molar-refractivity contribution in [2.45, 2.75) is 18.3 Å². The van der Waals surface area contributed by atoms with Gasteiger partial charge in [0.15, 0.2) is 6.61 Å². The molecule has 1 aliphatic carbocycles. The smallest absolute Gasteiger partial charge is 0.341 e. The quantitative estimate of drug-likeness (QED) is 0.795. The zero-order valence-corrected chi connectivity index (χ0v) is 14.3. The molecule has 2 N–H and O–H groups in total. The number of ether oxygens (including phenoxy) is 1. The molecule has 1 saturated carbocycles. The molecular formula is C19H18ClNO4. The van der Waals surface area contributed by atoms with Gasteiger partial charge >= 0.3 is 5.97 Å². The summed E-state index contributed by atoms with van der Waals surface area (Å²) in [4.78, 5) is 23.0. The normalized spacial score (nSPS) is 14.6. The van der Waals surface area contributed by atoms with Gasteiger partial charge in [-0.25, -0.2) is 4.79 Å². The summed E-state index contributed by atoms with van der Waals surface area (Å²) in [5.41, 5.74) is 1.53. The number of hydrogen-bond acceptors (Lipinski definition) is 3. The summed E-state index contributed by atoms with van der Waals surface area (Å²) in [5, 5.41) is 12.3. The summed E-state index contributed by atoms with van der Waals surface area (Å²) in [6.07, 6.45) is 2.02. The second-order valence-corrected chi connectivity index (χ2v) is 6.62. The van der Waals surface area contributed by atoms with Gasteiger partial charge in [0.2, 0.25) is 0 Å². The fourth-order valence-corrected chi connectivity index (χ4v) is 2.95. The van der Waals surface area contributed by atoms with E-state index in [0.29, 0.717) is 22.9 Å². The molecule has 3 rings (SSSR count). The Morgan fingerprint density at radius 1 is 1.16 bits per heavy atom. The number of carbonyl (C=O) groups excluding carboxylic acids is 1. The summed E-state index contributed by atoms with van der Waals surface area (Å²) in [5.74, 6) is -0.924. The Kier molecular flexibility index (Phi) is 4.95. The molecule has 0 bridgehead atoms. The molecule has 0 heterocycles. The molecule has 0 radical (unpaired) electrons. The van der Waals surface area contributed by atoms with Crippen LogP contribution in [-0.2, 0) is 10.2 Å². The van der Waals surface area contributed by atoms with E-state index >= 15 is 0 Å². The lowest BCUT2D eigenvalue weighted by Crippen LogP contribution is -2.32. The van der Waals surface area contributed by atoms with Crippen LogP contribution >= 0.6 is 11.6 Å². The number of nitrogens with one attached hydrogen (secondary N) is 1. The number of amides is 1. The molecule has 1 aliphatic rings. The van der Waals surface area contributed by atoms with Crippen LogP contribution in [0.2, 0.25) is 5.02 Å². The van der Waals surface area contributed by atoms with Crippen LogP contribution in [0.15, 0.2) is 48.5 Å². The van der Waals surface area contributed by atoms with Gasteiger partial charge in [-0.05, 0) is 48.7 Å². The summed E-state index contributed by atoms with van der Waals surface area (Å²) >= 11 is 6.06. The van der Waals surface area contributed by atoms with E-state index in [-0.39, 0.29) is 11.3 Å². The lowest BCUT2D eigenvalue weighted by atomic mass is 9.96. The van der Waals surface area contributed by atoms with Crippen molar-refractivity contribution >= 4 is 23.5 Å². The maximum Gasteiger partial charge on any atom is 0.341 e. The van der Waals surface area contributed by atoms with Crippen LogP contribution in [0.5, 0.6) is 5.75 Å². The highest BCUT2D eigenvalue weighted by molar-refractivity contribution is 6.30. The van der Waals surface area contributed by atoms with Crippen molar-refractivity contribution in [3.05, 3.63) is 64.7 Å². The second-order valence-electron chi connectivity index (χ2n) is 6.18. The Balaban J connectivity index is 1.63. The molecular weight excluding hydrogens is 342 g/mol. The highest BCUT2D eigenvalue weighted by Crippen LogP contribution is 2.48. The molecule has 0 spiro atoms. The molecule has 0 aromatic heterocycles. The monoisotopic (exact) mass is 359 g/mol. The maximum absolute atomic E-state index is 12.4. The number of carboxylic acid groups (broad SMARTS) is 1. The zero-order chi connectivity index (χ0) is 17.9. The number of aliphatic carboxylic acids is 1. The first kappa shape index (κ1) is 17.3. The Morgan fingerprint density at radius 3 is 2.60 bits per heavy atom. The van der Waals surface area contributed by atoms with Crippen LogP contribution < -0.4 is 10.1 Å². The van der Waals surface area contributed by atoms with Crippen LogP contribution in [0.4, 0.5) is 0 Å². The maximum atomic E-state index is 12.4. The topological polar surface area (TPSA) is 75.6 Å². The van der Waals surface area contributed by atoms with Crippen molar-refractivity contribution in [3.63, 3.8) is 0 Å². The predicted octanol–water partition coefficient (Wildman–Crippen LogP) is 3.27. The van der Waals surface area contributed by atoms with Gasteiger partial charge in [-0.2, -0.15) is 0 Å². The van der Waals surface area contributed by atoms with E-state index in [1.165, 1.54) is 6.07 Å². The number of carboxylic acids is 1. The molecule has 1 fully saturated rings. The molecule has 2 aromatic carbocycles. The van der Waals surface area contributed by atoms with Crippen LogP contribution in [0, 0.1) is 0 Å². The van der Waals surface area contributed by atoms with E-state index in [4.69, 9.17) is 21.4 Å². The Labute approximate surface area is 150 Å². The number of benzene rings is 2. The van der Waals surface area contributed by atoms with Crippen molar-refractivity contribution in [1.82, 2.24) is 5.32 Å². The van der Waals surface area contributed by atoms with Crippen LogP contribution in [0.25, 0.3) is 0 Å². The third kappa shape index (κ3) is 4.31. The largest absolute Gasteiger partial charge is 0.482 e. The second kappa shape index (κ2) is 7.15. The highest BCUT2D eigenvalue weighted by Gasteiger charge is 2.44. The van der Waals surface area contributed by atoms with Gasteiger partial charge in [0.25, 0.3) is 5.91 Å². The van der Waals surface area contributed by atoms with E-state index in [9.17, 15) is 9.59 Å². The third-order valence-electron chi connectivity index (χ3n) is 4.34. The van der Waals surface area contributed by atoms with Crippen molar-refractivity contribution in [1.29, 1.82) is 0 Å². The molecule has 0 atom stereocenters. The summed E-state index contributed by atoms with van der Waals surface area (Å²) in [7, 11) is 0. The van der Waals surface area contributed by atoms with Gasteiger partial charge in [0, 0.05) is 22.5 Å². The highest BCUT2D eigenvalue weighted by atomic mass is 35.5. The van der Waals surface area contributed by atoms with Crippen LogP contribution in [-0.4, -0.2) is 30.1 Å². The summed E-state index contributed by atoms with van der Waals surface area (Å²) in [6.45, 7) is 0.0926. The lowest BCUT2D eigenvalue weighted by molar-refractivity contribution is -0.139. The van der Waals surface area contributed by atoms with E-state index in [0.717, 1.165) is 18.4 Å². The minimum atomic E-state index is -1.06. The predicted molar refractivity (Wildman–Crippen MR) is 94.3 cm³/mol. The summed E-state index contributed by atoms with van der Waals surface area (Å²) < 4.78 is 5.10. The van der Waals surface area contributed by atoms with Crippen LogP contribution in [0.1, 0.15) is 28.8 Å². The minimum absolute atomic E-state index is 0.0437. The number of carbonyl (C=O) groups is 2. The fraction of sp³-hybridized carbons (Fsp3) is 0.263. The molecule has 1 amide bonds. The number of hydrogen-bond donors (Lipinski definition) is 2. The van der Waals surface area contributed by atoms with Gasteiger partial charge in [0.05, 0.1) is 0 Å². The number of rotatable bonds is 7. The Hall–Kier alpha value is -2.53. The zero-order valence-electron chi connectivity index (χ0n) is 13.5. The van der Waals surface area contributed by atoms with Gasteiger partial charge in [0.1, 0.15) is 5.75 Å². The van der Waals surface area contributed by atoms with Gasteiger partial charge in [-0.15, -0.1) is 0 Å². The average Bonchev–Trinajstić information content (AvgIpc) is 3.39. The fourth-order valence-electron chi connectivity index (χ4n) is 2.76. The minimum Gasteiger partial charge on any atom is -0.482 e. The third-order valence-corrected chi connectivity index (χ3v) is 4.57. The molecule has 0 aliphatic heterocycles. The van der Waals surface area contributed by atoms with Crippen LogP contribution in [0.3, 0.4) is 0 Å². The first-order valence-electron chi connectivity index (χ1n) is 7.97.